The Labute approximate surface area is 66.5 Å². The minimum Gasteiger partial charge on any atom is -1.00 e. The largest absolute Gasteiger partial charge is 1.00 e. The predicted molar refractivity (Wildman–Crippen MR) is 33.4 cm³/mol. The fraction of sp³-hybridized carbons (Fsp3) is 1.00. The van der Waals surface area contributed by atoms with Gasteiger partial charge >= 0.3 is 10.7 Å². The first-order chi connectivity index (χ1) is 2.56. The summed E-state index contributed by atoms with van der Waals surface area (Å²) in [4.78, 5) is 0. The van der Waals surface area contributed by atoms with Crippen molar-refractivity contribution in [2.24, 2.45) is 0 Å². The van der Waals surface area contributed by atoms with Gasteiger partial charge in [-0.15, -0.1) is 0 Å². The Morgan fingerprint density at radius 1 is 1.29 bits per heavy atom. The lowest BCUT2D eigenvalue weighted by molar-refractivity contribution is -0.00000254. The van der Waals surface area contributed by atoms with Crippen LogP contribution in [0, 0.1) is 0 Å². The van der Waals surface area contributed by atoms with Crippen LogP contribution in [-0.4, -0.2) is 18.8 Å². The number of hydrogen-bond acceptors (Lipinski definition) is 1. The van der Waals surface area contributed by atoms with Crippen LogP contribution in [0.15, 0.2) is 0 Å². The first-order valence-electron chi connectivity index (χ1n) is 1.56. The van der Waals surface area contributed by atoms with Crippen molar-refractivity contribution in [1.82, 2.24) is 0 Å². The van der Waals surface area contributed by atoms with Crippen molar-refractivity contribution in [2.75, 3.05) is 18.8 Å². The molecule has 0 rings (SSSR count). The second-order valence-corrected chi connectivity index (χ2v) is 8.79. The van der Waals surface area contributed by atoms with Crippen molar-refractivity contribution in [3.63, 3.8) is 0 Å². The smallest absolute Gasteiger partial charge is 0.519 e. The molecule has 0 bridgehead atoms. The van der Waals surface area contributed by atoms with Crippen LogP contribution in [0.1, 0.15) is 0 Å². The third-order valence-corrected chi connectivity index (χ3v) is 1.84. The summed E-state index contributed by atoms with van der Waals surface area (Å²) in [6.45, 7) is 0. The molecule has 7 heavy (non-hydrogen) atoms. The normalized spacial score (nSPS) is 11.9. The summed E-state index contributed by atoms with van der Waals surface area (Å²) in [6, 6.07) is 0. The molecule has 0 aromatic heterocycles. The molecular weight excluding hydrogens is 243 g/mol. The zero-order valence-corrected chi connectivity index (χ0v) is 8.39. The van der Waals surface area contributed by atoms with Crippen molar-refractivity contribution >= 4 is 19.8 Å². The summed E-state index contributed by atoms with van der Waals surface area (Å²) < 4.78 is 9.91. The second-order valence-electron chi connectivity index (χ2n) is 1.79. The highest BCUT2D eigenvalue weighted by molar-refractivity contribution is 8.81. The van der Waals surface area contributed by atoms with Crippen LogP contribution in [-0.2, 0) is 14.9 Å². The topological polar surface area (TPSA) is 17.1 Å². The predicted octanol–water partition coefficient (Wildman–Crippen LogP) is -1.97. The van der Waals surface area contributed by atoms with Crippen molar-refractivity contribution in [3.05, 3.63) is 0 Å². The molecule has 0 atom stereocenters. The highest BCUT2D eigenvalue weighted by Gasteiger charge is 2.16. The Kier molecular flexibility index (Phi) is 6.31. The van der Waals surface area contributed by atoms with Gasteiger partial charge < -0.3 is 24.0 Å². The van der Waals surface area contributed by atoms with Gasteiger partial charge in [0.2, 0.25) is 0 Å². The lowest BCUT2D eigenvalue weighted by atomic mass is 11.9. The molecule has 0 aliphatic carbocycles. The Morgan fingerprint density at radius 2 is 1.43 bits per heavy atom. The minimum absolute atomic E-state index is 0. The molecule has 0 N–H and O–H groups in total. The second kappa shape index (κ2) is 4.03. The quantitative estimate of drug-likeness (QED) is 0.300. The first-order valence-corrected chi connectivity index (χ1v) is 5.67. The van der Waals surface area contributed by atoms with Gasteiger partial charge in [0.1, 0.15) is 0 Å². The number of halogens is 1. The molecule has 46 valence electrons. The van der Waals surface area contributed by atoms with Gasteiger partial charge in [0.15, 0.2) is 0 Å². The summed E-state index contributed by atoms with van der Waals surface area (Å²) in [7, 11) is -0.0856. The first kappa shape index (κ1) is 11.0. The van der Waals surface area contributed by atoms with E-state index in [0.717, 1.165) is 0 Å². The molecule has 0 fully saturated rings. The molecule has 0 radical (unpaired) electrons. The van der Waals surface area contributed by atoms with Crippen LogP contribution in [0.4, 0.5) is 0 Å². The molecule has 1 nitrogen and oxygen atoms in total. The van der Waals surface area contributed by atoms with Gasteiger partial charge in [0.05, 0.1) is 4.21 Å². The standard InChI is InChI=1S/C3H9OS2.HI/c1-6(2,3)5-4;/h1-3H3;1H/q+1;/p-1. The van der Waals surface area contributed by atoms with Gasteiger partial charge in [-0.2, -0.15) is 0 Å². The van der Waals surface area contributed by atoms with E-state index in [2.05, 4.69) is 0 Å². The van der Waals surface area contributed by atoms with Crippen LogP contribution >= 0.6 is 9.06 Å². The van der Waals surface area contributed by atoms with Crippen LogP contribution in [0.2, 0.25) is 0 Å². The van der Waals surface area contributed by atoms with Gasteiger partial charge in [0, 0.05) is 27.8 Å². The van der Waals surface area contributed by atoms with E-state index in [9.17, 15) is 4.21 Å². The van der Waals surface area contributed by atoms with Crippen molar-refractivity contribution in [2.45, 2.75) is 0 Å². The monoisotopic (exact) mass is 252 g/mol. The van der Waals surface area contributed by atoms with E-state index in [1.165, 1.54) is 0 Å². The average Bonchev–Trinajstić information content (AvgIpc) is 1.35. The number of rotatable bonds is 1. The highest BCUT2D eigenvalue weighted by atomic mass is 127. The van der Waals surface area contributed by atoms with Crippen molar-refractivity contribution in [1.29, 1.82) is 0 Å². The Balaban J connectivity index is 0. The van der Waals surface area contributed by atoms with Crippen LogP contribution < -0.4 is 24.0 Å². The fourth-order valence-electron chi connectivity index (χ4n) is 0. The van der Waals surface area contributed by atoms with Gasteiger partial charge in [-0.25, -0.2) is 0 Å². The van der Waals surface area contributed by atoms with Gasteiger partial charge in [-0.1, -0.05) is 0 Å². The van der Waals surface area contributed by atoms with Gasteiger partial charge in [-0.05, 0) is 0 Å². The maximum atomic E-state index is 9.91. The lowest BCUT2D eigenvalue weighted by Crippen LogP contribution is -3.00. The van der Waals surface area contributed by atoms with E-state index in [-0.39, 0.29) is 24.0 Å². The zero-order chi connectivity index (χ0) is 5.21. The minimum atomic E-state index is -0.801. The van der Waals surface area contributed by atoms with Crippen LogP contribution in [0.5, 0.6) is 0 Å². The van der Waals surface area contributed by atoms with E-state index in [4.69, 9.17) is 0 Å². The summed E-state index contributed by atoms with van der Waals surface area (Å²) >= 11 is 0. The van der Waals surface area contributed by atoms with Crippen LogP contribution in [0.3, 0.4) is 0 Å². The molecule has 0 aliphatic rings. The summed E-state index contributed by atoms with van der Waals surface area (Å²) in [6.07, 6.45) is 5.93. The van der Waals surface area contributed by atoms with Gasteiger partial charge in [-0.3, -0.25) is 0 Å². The zero-order valence-electron chi connectivity index (χ0n) is 4.60. The maximum absolute atomic E-state index is 9.91. The Bertz CT molecular complexity index is 58.4. The molecule has 4 heteroatoms. The molecule has 0 aromatic carbocycles. The molecule has 0 unspecified atom stereocenters. The van der Waals surface area contributed by atoms with Crippen molar-refractivity contribution in [3.8, 4) is 0 Å². The molecule has 0 amide bonds. The molecule has 0 aromatic rings. The van der Waals surface area contributed by atoms with Gasteiger partial charge in [0.25, 0.3) is 0 Å². The molecule has 0 saturated carbocycles. The number of hydrogen-bond donors (Lipinski definition) is 0. The lowest BCUT2D eigenvalue weighted by Gasteiger charge is -1.94. The van der Waals surface area contributed by atoms with Crippen LogP contribution in [0.25, 0.3) is 0 Å². The SMILES string of the molecule is CS(C)(C)[S+]=O.[I-]. The molecule has 0 saturated heterocycles. The van der Waals surface area contributed by atoms with E-state index in [1.807, 2.05) is 18.8 Å². The highest BCUT2D eigenvalue weighted by Crippen LogP contribution is 2.32. The molecule has 0 heterocycles. The summed E-state index contributed by atoms with van der Waals surface area (Å²) in [5.74, 6) is 0. The molecular formula is C3H9IOS2. The van der Waals surface area contributed by atoms with E-state index < -0.39 is 9.06 Å². The Hall–Kier alpha value is 1.10. The van der Waals surface area contributed by atoms with Crippen molar-refractivity contribution < 1.29 is 28.2 Å². The van der Waals surface area contributed by atoms with E-state index in [0.29, 0.717) is 10.7 Å². The third-order valence-electron chi connectivity index (χ3n) is 0.204. The van der Waals surface area contributed by atoms with E-state index >= 15 is 0 Å². The average molecular weight is 252 g/mol. The maximum Gasteiger partial charge on any atom is 0.519 e. The molecule has 0 aliphatic heterocycles. The Morgan fingerprint density at radius 3 is 1.43 bits per heavy atom. The summed E-state index contributed by atoms with van der Waals surface area (Å²) in [5, 5.41) is 0. The summed E-state index contributed by atoms with van der Waals surface area (Å²) in [5.41, 5.74) is 0. The molecule has 0 spiro atoms. The fourth-order valence-corrected chi connectivity index (χ4v) is 0. The van der Waals surface area contributed by atoms with E-state index in [1.54, 1.807) is 0 Å². The third kappa shape index (κ3) is 11.0.